The van der Waals surface area contributed by atoms with Crippen LogP contribution >= 0.6 is 11.6 Å². The Balaban J connectivity index is 3.16. The van der Waals surface area contributed by atoms with E-state index in [0.29, 0.717) is 35.3 Å². The Kier molecular flexibility index (Phi) is 5.96. The molecule has 0 saturated carbocycles. The van der Waals surface area contributed by atoms with E-state index < -0.39 is 5.97 Å². The third-order valence-electron chi connectivity index (χ3n) is 2.20. The first kappa shape index (κ1) is 15.6. The highest BCUT2D eigenvalue weighted by atomic mass is 35.5. The van der Waals surface area contributed by atoms with Crippen LogP contribution in [-0.2, 0) is 4.74 Å². The number of hydrogen-bond donors (Lipinski definition) is 0. The number of rotatable bonds is 6. The highest BCUT2D eigenvalue weighted by Crippen LogP contribution is 2.33. The van der Waals surface area contributed by atoms with Crippen LogP contribution in [0.25, 0.3) is 0 Å². The monoisotopic (exact) mass is 286 g/mol. The van der Waals surface area contributed by atoms with Crippen molar-refractivity contribution in [1.82, 2.24) is 0 Å². The molecule has 0 unspecified atom stereocenters. The summed E-state index contributed by atoms with van der Waals surface area (Å²) >= 11 is 6.07. The quantitative estimate of drug-likeness (QED) is 0.748. The summed E-state index contributed by atoms with van der Waals surface area (Å²) in [5, 5.41) is 0.409. The van der Waals surface area contributed by atoms with Crippen LogP contribution in [0.5, 0.6) is 11.5 Å². The van der Waals surface area contributed by atoms with Crippen molar-refractivity contribution in [3.63, 3.8) is 0 Å². The molecule has 0 fully saturated rings. The molecule has 0 spiro atoms. The summed E-state index contributed by atoms with van der Waals surface area (Å²) in [7, 11) is 0. The first-order valence-corrected chi connectivity index (χ1v) is 6.67. The number of benzene rings is 1. The zero-order valence-electron chi connectivity index (χ0n) is 11.7. The SMILES string of the molecule is CCOc1cc(C(=O)OC(C)C)c(OCC)cc1Cl. The first-order chi connectivity index (χ1) is 8.99. The Hall–Kier alpha value is -1.42. The summed E-state index contributed by atoms with van der Waals surface area (Å²) in [5.41, 5.74) is 0.323. The van der Waals surface area contributed by atoms with Gasteiger partial charge >= 0.3 is 5.97 Å². The fourth-order valence-electron chi connectivity index (χ4n) is 1.51. The molecule has 4 nitrogen and oxygen atoms in total. The maximum absolute atomic E-state index is 12.0. The van der Waals surface area contributed by atoms with E-state index in [1.807, 2.05) is 13.8 Å². The predicted molar refractivity (Wildman–Crippen MR) is 74.3 cm³/mol. The zero-order valence-corrected chi connectivity index (χ0v) is 12.4. The Morgan fingerprint density at radius 1 is 1.16 bits per heavy atom. The van der Waals surface area contributed by atoms with Gasteiger partial charge in [0.05, 0.1) is 24.3 Å². The van der Waals surface area contributed by atoms with Crippen molar-refractivity contribution in [2.45, 2.75) is 33.8 Å². The van der Waals surface area contributed by atoms with Crippen LogP contribution in [0.1, 0.15) is 38.1 Å². The average Bonchev–Trinajstić information content (AvgIpc) is 2.32. The van der Waals surface area contributed by atoms with Crippen molar-refractivity contribution in [2.75, 3.05) is 13.2 Å². The van der Waals surface area contributed by atoms with Crippen LogP contribution in [0.4, 0.5) is 0 Å². The standard InChI is InChI=1S/C14H19ClO4/c1-5-17-12-8-11(15)13(18-6-2)7-10(12)14(16)19-9(3)4/h7-9H,5-6H2,1-4H3. The van der Waals surface area contributed by atoms with Crippen molar-refractivity contribution in [3.05, 3.63) is 22.7 Å². The van der Waals surface area contributed by atoms with E-state index in [4.69, 9.17) is 25.8 Å². The molecule has 0 bridgehead atoms. The van der Waals surface area contributed by atoms with E-state index >= 15 is 0 Å². The molecule has 0 N–H and O–H groups in total. The number of ether oxygens (including phenoxy) is 3. The average molecular weight is 287 g/mol. The normalized spacial score (nSPS) is 10.4. The minimum absolute atomic E-state index is 0.201. The molecule has 106 valence electrons. The molecule has 0 saturated heterocycles. The molecule has 0 aliphatic heterocycles. The lowest BCUT2D eigenvalue weighted by molar-refractivity contribution is 0.0373. The number of halogens is 1. The second-order valence-electron chi connectivity index (χ2n) is 4.10. The summed E-state index contributed by atoms with van der Waals surface area (Å²) in [5.74, 6) is 0.404. The summed E-state index contributed by atoms with van der Waals surface area (Å²) in [6, 6.07) is 3.13. The Morgan fingerprint density at radius 3 is 2.26 bits per heavy atom. The summed E-state index contributed by atoms with van der Waals surface area (Å²) in [6.45, 7) is 8.16. The molecule has 1 aromatic carbocycles. The third kappa shape index (κ3) is 4.31. The van der Waals surface area contributed by atoms with Crippen LogP contribution in [-0.4, -0.2) is 25.3 Å². The van der Waals surface area contributed by atoms with Crippen LogP contribution in [0.3, 0.4) is 0 Å². The van der Waals surface area contributed by atoms with E-state index in [2.05, 4.69) is 0 Å². The molecule has 0 heterocycles. The minimum Gasteiger partial charge on any atom is -0.493 e. The van der Waals surface area contributed by atoms with Gasteiger partial charge in [-0.15, -0.1) is 0 Å². The fourth-order valence-corrected chi connectivity index (χ4v) is 1.72. The van der Waals surface area contributed by atoms with Gasteiger partial charge in [0.2, 0.25) is 0 Å². The lowest BCUT2D eigenvalue weighted by atomic mass is 10.2. The molecule has 0 radical (unpaired) electrons. The molecule has 0 aliphatic carbocycles. The van der Waals surface area contributed by atoms with Crippen molar-refractivity contribution >= 4 is 17.6 Å². The van der Waals surface area contributed by atoms with Crippen LogP contribution < -0.4 is 9.47 Å². The molecule has 1 aromatic rings. The van der Waals surface area contributed by atoms with Gasteiger partial charge in [-0.25, -0.2) is 4.79 Å². The molecule has 0 aliphatic rings. The second kappa shape index (κ2) is 7.24. The first-order valence-electron chi connectivity index (χ1n) is 6.29. The van der Waals surface area contributed by atoms with Gasteiger partial charge in [0, 0.05) is 6.07 Å². The lowest BCUT2D eigenvalue weighted by Gasteiger charge is -2.14. The Bertz CT molecular complexity index is 443. The van der Waals surface area contributed by atoms with Gasteiger partial charge in [-0.2, -0.15) is 0 Å². The van der Waals surface area contributed by atoms with Crippen molar-refractivity contribution in [3.8, 4) is 11.5 Å². The van der Waals surface area contributed by atoms with Gasteiger partial charge in [-0.3, -0.25) is 0 Å². The smallest absolute Gasteiger partial charge is 0.342 e. The second-order valence-corrected chi connectivity index (χ2v) is 4.51. The van der Waals surface area contributed by atoms with Gasteiger partial charge in [0.25, 0.3) is 0 Å². The van der Waals surface area contributed by atoms with Crippen molar-refractivity contribution in [2.24, 2.45) is 0 Å². The highest BCUT2D eigenvalue weighted by Gasteiger charge is 2.19. The molecule has 5 heteroatoms. The largest absolute Gasteiger partial charge is 0.493 e. The van der Waals surface area contributed by atoms with E-state index in [1.165, 1.54) is 0 Å². The predicted octanol–water partition coefficient (Wildman–Crippen LogP) is 3.70. The molecule has 0 atom stereocenters. The van der Waals surface area contributed by atoms with Crippen molar-refractivity contribution in [1.29, 1.82) is 0 Å². The minimum atomic E-state index is -0.448. The van der Waals surface area contributed by atoms with Gasteiger partial charge in [0.15, 0.2) is 0 Å². The Labute approximate surface area is 118 Å². The summed E-state index contributed by atoms with van der Waals surface area (Å²) in [4.78, 5) is 12.0. The highest BCUT2D eigenvalue weighted by molar-refractivity contribution is 6.32. The maximum atomic E-state index is 12.0. The van der Waals surface area contributed by atoms with E-state index in [-0.39, 0.29) is 6.10 Å². The third-order valence-corrected chi connectivity index (χ3v) is 2.49. The summed E-state index contributed by atoms with van der Waals surface area (Å²) < 4.78 is 16.0. The van der Waals surface area contributed by atoms with Crippen LogP contribution in [0.2, 0.25) is 5.02 Å². The van der Waals surface area contributed by atoms with Gasteiger partial charge in [0.1, 0.15) is 17.1 Å². The van der Waals surface area contributed by atoms with Crippen molar-refractivity contribution < 1.29 is 19.0 Å². The van der Waals surface area contributed by atoms with Gasteiger partial charge in [-0.05, 0) is 33.8 Å². The number of esters is 1. The molecule has 1 rings (SSSR count). The summed E-state index contributed by atoms with van der Waals surface area (Å²) in [6.07, 6.45) is -0.201. The molecule has 0 amide bonds. The number of carbonyl (C=O) groups excluding carboxylic acids is 1. The van der Waals surface area contributed by atoms with Gasteiger partial charge in [-0.1, -0.05) is 11.6 Å². The maximum Gasteiger partial charge on any atom is 0.342 e. The molecular formula is C14H19ClO4. The Morgan fingerprint density at radius 2 is 1.74 bits per heavy atom. The molecule has 19 heavy (non-hydrogen) atoms. The molecule has 0 aromatic heterocycles. The van der Waals surface area contributed by atoms with Gasteiger partial charge < -0.3 is 14.2 Å². The molecular weight excluding hydrogens is 268 g/mol. The number of hydrogen-bond acceptors (Lipinski definition) is 4. The van der Waals surface area contributed by atoms with Crippen LogP contribution in [0.15, 0.2) is 12.1 Å². The van der Waals surface area contributed by atoms with Crippen LogP contribution in [0, 0.1) is 0 Å². The van der Waals surface area contributed by atoms with E-state index in [0.717, 1.165) is 0 Å². The number of carbonyl (C=O) groups is 1. The fraction of sp³-hybridized carbons (Fsp3) is 0.500. The lowest BCUT2D eigenvalue weighted by Crippen LogP contribution is -2.13. The van der Waals surface area contributed by atoms with E-state index in [9.17, 15) is 4.79 Å². The van der Waals surface area contributed by atoms with E-state index in [1.54, 1.807) is 26.0 Å². The zero-order chi connectivity index (χ0) is 14.4. The topological polar surface area (TPSA) is 44.8 Å².